The van der Waals surface area contributed by atoms with Gasteiger partial charge >= 0.3 is 18.0 Å². The highest BCUT2D eigenvalue weighted by atomic mass is 16.5. The first kappa shape index (κ1) is 17.8. The van der Waals surface area contributed by atoms with Crippen LogP contribution in [0.15, 0.2) is 24.3 Å². The maximum absolute atomic E-state index is 12.8. The number of aliphatic carboxylic acids is 1. The van der Waals surface area contributed by atoms with Gasteiger partial charge in [0.2, 0.25) is 0 Å². The molecule has 1 aromatic carbocycles. The Morgan fingerprint density at radius 1 is 1.29 bits per heavy atom. The predicted octanol–water partition coefficient (Wildman–Crippen LogP) is 1.50. The average molecular weight is 334 g/mol. The van der Waals surface area contributed by atoms with Crippen LogP contribution in [0.1, 0.15) is 24.5 Å². The Bertz CT molecular complexity index is 631. The molecule has 0 saturated heterocycles. The summed E-state index contributed by atoms with van der Waals surface area (Å²) in [7, 11) is 1.29. The van der Waals surface area contributed by atoms with E-state index in [1.807, 2.05) is 24.3 Å². The van der Waals surface area contributed by atoms with Crippen LogP contribution in [0.5, 0.6) is 0 Å². The highest BCUT2D eigenvalue weighted by molar-refractivity contribution is 5.84. The molecule has 0 unspecified atom stereocenters. The van der Waals surface area contributed by atoms with Gasteiger partial charge in [0.25, 0.3) is 0 Å². The molecule has 130 valence electrons. The number of hydrogen-bond acceptors (Lipinski definition) is 4. The standard InChI is InChI=1S/C17H22N2O5/c1-3-18(9-8-15(20)24-2)17(23)19-11-13-7-5-4-6-12(13)10-14(19)16(21)22/h4-7,14H,3,8-11H2,1-2H3,(H,21,22)/t14-/m0/s1. The van der Waals surface area contributed by atoms with Crippen LogP contribution in [0.4, 0.5) is 4.79 Å². The molecule has 0 bridgehead atoms. The van der Waals surface area contributed by atoms with Crippen molar-refractivity contribution in [2.45, 2.75) is 32.4 Å². The third-order valence-corrected chi connectivity index (χ3v) is 4.25. The van der Waals surface area contributed by atoms with Gasteiger partial charge in [0, 0.05) is 26.1 Å². The topological polar surface area (TPSA) is 87.2 Å². The van der Waals surface area contributed by atoms with Crippen molar-refractivity contribution < 1.29 is 24.2 Å². The second-order valence-electron chi connectivity index (χ2n) is 5.64. The molecule has 1 aliphatic heterocycles. The van der Waals surface area contributed by atoms with E-state index in [0.29, 0.717) is 6.54 Å². The Hall–Kier alpha value is -2.57. The molecule has 24 heavy (non-hydrogen) atoms. The number of benzene rings is 1. The van der Waals surface area contributed by atoms with Crippen molar-refractivity contribution in [2.24, 2.45) is 0 Å². The lowest BCUT2D eigenvalue weighted by atomic mass is 9.94. The molecule has 2 rings (SSSR count). The fourth-order valence-corrected chi connectivity index (χ4v) is 2.84. The summed E-state index contributed by atoms with van der Waals surface area (Å²) in [4.78, 5) is 38.5. The van der Waals surface area contributed by atoms with Gasteiger partial charge in [-0.05, 0) is 18.1 Å². The second kappa shape index (κ2) is 7.81. The minimum atomic E-state index is -1.03. The Kier molecular flexibility index (Phi) is 5.78. The number of esters is 1. The van der Waals surface area contributed by atoms with Gasteiger partial charge in [0.15, 0.2) is 0 Å². The van der Waals surface area contributed by atoms with Crippen molar-refractivity contribution in [1.82, 2.24) is 9.80 Å². The molecule has 0 fully saturated rings. The number of carboxylic acids is 1. The molecule has 1 N–H and O–H groups in total. The number of nitrogens with zero attached hydrogens (tertiary/aromatic N) is 2. The summed E-state index contributed by atoms with van der Waals surface area (Å²) in [6.45, 7) is 2.64. The summed E-state index contributed by atoms with van der Waals surface area (Å²) in [5.74, 6) is -1.43. The minimum Gasteiger partial charge on any atom is -0.480 e. The lowest BCUT2D eigenvalue weighted by molar-refractivity contribution is -0.143. The number of rotatable bonds is 5. The highest BCUT2D eigenvalue weighted by Gasteiger charge is 2.36. The van der Waals surface area contributed by atoms with E-state index in [-0.39, 0.29) is 32.0 Å². The first-order chi connectivity index (χ1) is 11.5. The highest BCUT2D eigenvalue weighted by Crippen LogP contribution is 2.24. The summed E-state index contributed by atoms with van der Waals surface area (Å²) >= 11 is 0. The van der Waals surface area contributed by atoms with Crippen molar-refractivity contribution in [3.8, 4) is 0 Å². The van der Waals surface area contributed by atoms with E-state index in [1.165, 1.54) is 16.9 Å². The van der Waals surface area contributed by atoms with Gasteiger partial charge in [-0.1, -0.05) is 24.3 Å². The van der Waals surface area contributed by atoms with Crippen molar-refractivity contribution >= 4 is 18.0 Å². The molecule has 0 aliphatic carbocycles. The molecule has 7 nitrogen and oxygen atoms in total. The van der Waals surface area contributed by atoms with E-state index in [2.05, 4.69) is 4.74 Å². The number of ether oxygens (including phenoxy) is 1. The number of carbonyl (C=O) groups is 3. The SMILES string of the molecule is CCN(CCC(=O)OC)C(=O)N1Cc2ccccc2C[C@H]1C(=O)O. The van der Waals surface area contributed by atoms with Crippen molar-refractivity contribution in [3.05, 3.63) is 35.4 Å². The molecule has 1 aromatic rings. The quantitative estimate of drug-likeness (QED) is 0.825. The fourth-order valence-electron chi connectivity index (χ4n) is 2.84. The number of amides is 2. The minimum absolute atomic E-state index is 0.0816. The van der Waals surface area contributed by atoms with E-state index < -0.39 is 18.0 Å². The van der Waals surface area contributed by atoms with Crippen LogP contribution in [-0.4, -0.2) is 59.1 Å². The Balaban J connectivity index is 2.18. The molecule has 0 saturated carbocycles. The summed E-state index contributed by atoms with van der Waals surface area (Å²) in [6.07, 6.45) is 0.365. The Morgan fingerprint density at radius 3 is 2.54 bits per heavy atom. The smallest absolute Gasteiger partial charge is 0.326 e. The van der Waals surface area contributed by atoms with Crippen molar-refractivity contribution in [3.63, 3.8) is 0 Å². The normalized spacial score (nSPS) is 16.2. The number of urea groups is 1. The predicted molar refractivity (Wildman–Crippen MR) is 86.4 cm³/mol. The Labute approximate surface area is 140 Å². The van der Waals surface area contributed by atoms with Crippen LogP contribution < -0.4 is 0 Å². The van der Waals surface area contributed by atoms with Gasteiger partial charge < -0.3 is 19.6 Å². The molecule has 0 radical (unpaired) electrons. The van der Waals surface area contributed by atoms with Crippen LogP contribution >= 0.6 is 0 Å². The summed E-state index contributed by atoms with van der Waals surface area (Å²) < 4.78 is 4.59. The summed E-state index contributed by atoms with van der Waals surface area (Å²) in [5.41, 5.74) is 1.90. The zero-order valence-corrected chi connectivity index (χ0v) is 13.9. The molecule has 7 heteroatoms. The molecule has 1 heterocycles. The van der Waals surface area contributed by atoms with Gasteiger partial charge in [-0.2, -0.15) is 0 Å². The van der Waals surface area contributed by atoms with Crippen LogP contribution in [0.25, 0.3) is 0 Å². The van der Waals surface area contributed by atoms with Gasteiger partial charge in [-0.3, -0.25) is 4.79 Å². The van der Waals surface area contributed by atoms with Gasteiger partial charge in [-0.25, -0.2) is 9.59 Å². The molecule has 0 aromatic heterocycles. The molecule has 1 atom stereocenters. The van der Waals surface area contributed by atoms with Crippen molar-refractivity contribution in [1.29, 1.82) is 0 Å². The van der Waals surface area contributed by atoms with Crippen LogP contribution in [0.3, 0.4) is 0 Å². The molecular weight excluding hydrogens is 312 g/mol. The maximum Gasteiger partial charge on any atom is 0.326 e. The largest absolute Gasteiger partial charge is 0.480 e. The lowest BCUT2D eigenvalue weighted by Gasteiger charge is -2.37. The number of hydrogen-bond donors (Lipinski definition) is 1. The third-order valence-electron chi connectivity index (χ3n) is 4.25. The van der Waals surface area contributed by atoms with E-state index in [0.717, 1.165) is 11.1 Å². The summed E-state index contributed by atoms with van der Waals surface area (Å²) in [6, 6.07) is 6.25. The van der Waals surface area contributed by atoms with E-state index >= 15 is 0 Å². The van der Waals surface area contributed by atoms with Gasteiger partial charge in [0.1, 0.15) is 6.04 Å². The van der Waals surface area contributed by atoms with Crippen LogP contribution in [-0.2, 0) is 27.3 Å². The molecular formula is C17H22N2O5. The molecule has 2 amide bonds. The number of carboxylic acid groups (broad SMARTS) is 1. The molecule has 1 aliphatic rings. The summed E-state index contributed by atoms with van der Waals surface area (Å²) in [5, 5.41) is 9.51. The van der Waals surface area contributed by atoms with E-state index in [4.69, 9.17) is 0 Å². The second-order valence-corrected chi connectivity index (χ2v) is 5.64. The monoisotopic (exact) mass is 334 g/mol. The van der Waals surface area contributed by atoms with E-state index in [9.17, 15) is 19.5 Å². The lowest BCUT2D eigenvalue weighted by Crippen LogP contribution is -2.53. The molecule has 0 spiro atoms. The first-order valence-corrected chi connectivity index (χ1v) is 7.89. The van der Waals surface area contributed by atoms with Crippen LogP contribution in [0, 0.1) is 0 Å². The zero-order valence-electron chi connectivity index (χ0n) is 13.9. The maximum atomic E-state index is 12.8. The number of methoxy groups -OCH3 is 1. The Morgan fingerprint density at radius 2 is 1.96 bits per heavy atom. The first-order valence-electron chi connectivity index (χ1n) is 7.89. The average Bonchev–Trinajstić information content (AvgIpc) is 2.60. The third kappa shape index (κ3) is 3.84. The van der Waals surface area contributed by atoms with Crippen LogP contribution in [0.2, 0.25) is 0 Å². The fraction of sp³-hybridized carbons (Fsp3) is 0.471. The number of fused-ring (bicyclic) bond motifs is 1. The zero-order chi connectivity index (χ0) is 17.7. The van der Waals surface area contributed by atoms with Gasteiger partial charge in [-0.15, -0.1) is 0 Å². The van der Waals surface area contributed by atoms with Crippen molar-refractivity contribution in [2.75, 3.05) is 20.2 Å². The number of carbonyl (C=O) groups excluding carboxylic acids is 2. The van der Waals surface area contributed by atoms with E-state index in [1.54, 1.807) is 6.92 Å². The van der Waals surface area contributed by atoms with Gasteiger partial charge in [0.05, 0.1) is 13.5 Å².